The fourth-order valence-corrected chi connectivity index (χ4v) is 1.31. The van der Waals surface area contributed by atoms with Crippen LogP contribution in [0.1, 0.15) is 47.0 Å². The average Bonchev–Trinajstić information content (AvgIpc) is 2.22. The lowest BCUT2D eigenvalue weighted by molar-refractivity contribution is -0.137. The molecule has 0 aromatic heterocycles. The maximum atomic E-state index is 11.6. The smallest absolute Gasteiger partial charge is 0.303 e. The third-order valence-electron chi connectivity index (χ3n) is 2.67. The first-order valence-electron chi connectivity index (χ1n) is 6.03. The van der Waals surface area contributed by atoms with Crippen LogP contribution in [0, 0.1) is 0 Å². The van der Waals surface area contributed by atoms with Crippen LogP contribution in [0.25, 0.3) is 0 Å². The Labute approximate surface area is 103 Å². The Hall–Kier alpha value is -1.10. The molecule has 1 amide bonds. The van der Waals surface area contributed by atoms with E-state index in [2.05, 4.69) is 10.6 Å². The SMILES string of the molecule is CCC(C)NCC(=O)NC(C)(C)CCC(=O)O. The van der Waals surface area contributed by atoms with Crippen LogP contribution >= 0.6 is 0 Å². The highest BCUT2D eigenvalue weighted by molar-refractivity contribution is 5.78. The minimum atomic E-state index is -0.843. The standard InChI is InChI=1S/C12H24N2O3/c1-5-9(2)13-8-10(15)14-12(3,4)7-6-11(16)17/h9,13H,5-8H2,1-4H3,(H,14,15)(H,16,17). The topological polar surface area (TPSA) is 78.4 Å². The Morgan fingerprint density at radius 1 is 1.35 bits per heavy atom. The number of aliphatic carboxylic acids is 1. The number of hydrogen-bond acceptors (Lipinski definition) is 3. The summed E-state index contributed by atoms with van der Waals surface area (Å²) in [6.07, 6.45) is 1.46. The third kappa shape index (κ3) is 8.68. The molecular weight excluding hydrogens is 220 g/mol. The van der Waals surface area contributed by atoms with Gasteiger partial charge >= 0.3 is 5.97 Å². The van der Waals surface area contributed by atoms with E-state index in [9.17, 15) is 9.59 Å². The van der Waals surface area contributed by atoms with E-state index in [1.54, 1.807) is 0 Å². The van der Waals surface area contributed by atoms with Crippen molar-refractivity contribution in [2.45, 2.75) is 58.5 Å². The Morgan fingerprint density at radius 2 is 1.94 bits per heavy atom. The Morgan fingerprint density at radius 3 is 2.41 bits per heavy atom. The van der Waals surface area contributed by atoms with Crippen LogP contribution < -0.4 is 10.6 Å². The van der Waals surface area contributed by atoms with Gasteiger partial charge in [-0.1, -0.05) is 6.92 Å². The lowest BCUT2D eigenvalue weighted by Crippen LogP contribution is -2.48. The van der Waals surface area contributed by atoms with Crippen molar-refractivity contribution < 1.29 is 14.7 Å². The van der Waals surface area contributed by atoms with Crippen LogP contribution in [0.4, 0.5) is 0 Å². The van der Waals surface area contributed by atoms with Crippen molar-refractivity contribution >= 4 is 11.9 Å². The maximum absolute atomic E-state index is 11.6. The zero-order valence-electron chi connectivity index (χ0n) is 11.2. The molecule has 1 unspecified atom stereocenters. The number of carbonyl (C=O) groups is 2. The number of carbonyl (C=O) groups excluding carboxylic acids is 1. The highest BCUT2D eigenvalue weighted by atomic mass is 16.4. The maximum Gasteiger partial charge on any atom is 0.303 e. The highest BCUT2D eigenvalue weighted by Crippen LogP contribution is 2.10. The molecule has 0 aliphatic heterocycles. The van der Waals surface area contributed by atoms with Crippen LogP contribution in [0.3, 0.4) is 0 Å². The number of hydrogen-bond donors (Lipinski definition) is 3. The highest BCUT2D eigenvalue weighted by Gasteiger charge is 2.21. The molecule has 0 radical (unpaired) electrons. The summed E-state index contributed by atoms with van der Waals surface area (Å²) < 4.78 is 0. The molecule has 5 nitrogen and oxygen atoms in total. The van der Waals surface area contributed by atoms with Crippen LogP contribution in [0.2, 0.25) is 0 Å². The molecule has 0 aromatic carbocycles. The Bertz CT molecular complexity index is 264. The first-order valence-corrected chi connectivity index (χ1v) is 6.03. The van der Waals surface area contributed by atoms with Crippen LogP contribution in [0.5, 0.6) is 0 Å². The monoisotopic (exact) mass is 244 g/mol. The molecular formula is C12H24N2O3. The fourth-order valence-electron chi connectivity index (χ4n) is 1.31. The zero-order chi connectivity index (χ0) is 13.5. The number of carboxylic acids is 1. The summed E-state index contributed by atoms with van der Waals surface area (Å²) in [5.41, 5.74) is -0.480. The summed E-state index contributed by atoms with van der Waals surface area (Å²) in [5, 5.41) is 14.5. The Kier molecular flexibility index (Phi) is 6.80. The second kappa shape index (κ2) is 7.27. The molecule has 17 heavy (non-hydrogen) atoms. The quantitative estimate of drug-likeness (QED) is 0.598. The third-order valence-corrected chi connectivity index (χ3v) is 2.67. The fraction of sp³-hybridized carbons (Fsp3) is 0.833. The van der Waals surface area contributed by atoms with Gasteiger partial charge in [-0.15, -0.1) is 0 Å². The molecule has 0 fully saturated rings. The summed E-state index contributed by atoms with van der Waals surface area (Å²) in [7, 11) is 0. The van der Waals surface area contributed by atoms with Gasteiger partial charge in [0.15, 0.2) is 0 Å². The Balaban J connectivity index is 3.96. The molecule has 0 aromatic rings. The number of nitrogens with one attached hydrogen (secondary N) is 2. The van der Waals surface area contributed by atoms with Crippen LogP contribution in [-0.4, -0.2) is 35.1 Å². The first kappa shape index (κ1) is 15.9. The van der Waals surface area contributed by atoms with E-state index in [0.717, 1.165) is 6.42 Å². The molecule has 0 aliphatic rings. The van der Waals surface area contributed by atoms with Crippen molar-refractivity contribution in [2.24, 2.45) is 0 Å². The van der Waals surface area contributed by atoms with E-state index in [1.807, 2.05) is 27.7 Å². The minimum absolute atomic E-state index is 0.0616. The van der Waals surface area contributed by atoms with E-state index in [4.69, 9.17) is 5.11 Å². The largest absolute Gasteiger partial charge is 0.481 e. The molecule has 3 N–H and O–H groups in total. The second-order valence-corrected chi connectivity index (χ2v) is 5.02. The lowest BCUT2D eigenvalue weighted by atomic mass is 9.98. The van der Waals surface area contributed by atoms with Gasteiger partial charge in [0, 0.05) is 18.0 Å². The van der Waals surface area contributed by atoms with Gasteiger partial charge in [0.1, 0.15) is 0 Å². The molecule has 100 valence electrons. The second-order valence-electron chi connectivity index (χ2n) is 5.02. The normalized spacial score (nSPS) is 13.2. The van der Waals surface area contributed by atoms with Crippen LogP contribution in [-0.2, 0) is 9.59 Å². The number of rotatable bonds is 8. The van der Waals surface area contributed by atoms with Crippen molar-refractivity contribution in [1.82, 2.24) is 10.6 Å². The summed E-state index contributed by atoms with van der Waals surface area (Å²) in [4.78, 5) is 22.1. The minimum Gasteiger partial charge on any atom is -0.481 e. The molecule has 5 heteroatoms. The number of carboxylic acid groups (broad SMARTS) is 1. The predicted octanol–water partition coefficient (Wildman–Crippen LogP) is 1.13. The molecule has 0 bridgehead atoms. The molecule has 0 heterocycles. The molecule has 0 saturated carbocycles. The van der Waals surface area contributed by atoms with Crippen LogP contribution in [0.15, 0.2) is 0 Å². The lowest BCUT2D eigenvalue weighted by Gasteiger charge is -2.26. The first-order chi connectivity index (χ1) is 7.76. The van der Waals surface area contributed by atoms with Gasteiger partial charge in [-0.25, -0.2) is 0 Å². The van der Waals surface area contributed by atoms with Gasteiger partial charge in [-0.3, -0.25) is 9.59 Å². The van der Waals surface area contributed by atoms with E-state index in [0.29, 0.717) is 12.5 Å². The van der Waals surface area contributed by atoms with Gasteiger partial charge < -0.3 is 15.7 Å². The van der Waals surface area contributed by atoms with E-state index < -0.39 is 11.5 Å². The number of amides is 1. The van der Waals surface area contributed by atoms with Crippen molar-refractivity contribution in [3.05, 3.63) is 0 Å². The molecule has 0 spiro atoms. The van der Waals surface area contributed by atoms with Crippen molar-refractivity contribution in [1.29, 1.82) is 0 Å². The van der Waals surface area contributed by atoms with Gasteiger partial charge in [0.05, 0.1) is 6.54 Å². The molecule has 1 atom stereocenters. The van der Waals surface area contributed by atoms with Gasteiger partial charge in [-0.05, 0) is 33.6 Å². The van der Waals surface area contributed by atoms with E-state index >= 15 is 0 Å². The van der Waals surface area contributed by atoms with E-state index in [1.165, 1.54) is 0 Å². The van der Waals surface area contributed by atoms with Gasteiger partial charge in [0.25, 0.3) is 0 Å². The van der Waals surface area contributed by atoms with Crippen molar-refractivity contribution in [3.8, 4) is 0 Å². The van der Waals surface area contributed by atoms with Gasteiger partial charge in [0.2, 0.25) is 5.91 Å². The molecule has 0 rings (SSSR count). The summed E-state index contributed by atoms with van der Waals surface area (Å²) in [5.74, 6) is -0.939. The average molecular weight is 244 g/mol. The summed E-state index contributed by atoms with van der Waals surface area (Å²) in [6.45, 7) is 7.99. The van der Waals surface area contributed by atoms with Crippen molar-refractivity contribution in [3.63, 3.8) is 0 Å². The van der Waals surface area contributed by atoms with E-state index in [-0.39, 0.29) is 18.9 Å². The predicted molar refractivity (Wildman–Crippen MR) is 66.8 cm³/mol. The molecule has 0 saturated heterocycles. The summed E-state index contributed by atoms with van der Waals surface area (Å²) in [6, 6.07) is 0.308. The van der Waals surface area contributed by atoms with Gasteiger partial charge in [-0.2, -0.15) is 0 Å². The van der Waals surface area contributed by atoms with Crippen molar-refractivity contribution in [2.75, 3.05) is 6.54 Å². The zero-order valence-corrected chi connectivity index (χ0v) is 11.2. The molecule has 0 aliphatic carbocycles. The summed E-state index contributed by atoms with van der Waals surface area (Å²) >= 11 is 0.